The minimum absolute atomic E-state index is 0.0426. The molecule has 0 saturated heterocycles. The number of hydrogen-bond donors (Lipinski definition) is 2. The summed E-state index contributed by atoms with van der Waals surface area (Å²) in [6, 6.07) is 12.9. The fraction of sp³-hybridized carbons (Fsp3) is 0.333. The van der Waals surface area contributed by atoms with Crippen molar-refractivity contribution in [3.8, 4) is 0 Å². The maximum absolute atomic E-state index is 12.5. The van der Waals surface area contributed by atoms with E-state index in [-0.39, 0.29) is 16.4 Å². The average Bonchev–Trinajstić information content (AvgIpc) is 2.73. The minimum atomic E-state index is -3.69. The molecule has 7 nitrogen and oxygen atoms in total. The van der Waals surface area contributed by atoms with Crippen LogP contribution in [0, 0.1) is 0 Å². The van der Waals surface area contributed by atoms with Gasteiger partial charge in [0.15, 0.2) is 6.10 Å². The third-order valence-electron chi connectivity index (χ3n) is 4.66. The van der Waals surface area contributed by atoms with Crippen molar-refractivity contribution in [2.75, 3.05) is 12.4 Å². The number of benzene rings is 2. The Balaban J connectivity index is 2.11. The molecule has 2 aromatic carbocycles. The van der Waals surface area contributed by atoms with Crippen molar-refractivity contribution in [2.45, 2.75) is 44.1 Å². The highest BCUT2D eigenvalue weighted by Gasteiger charge is 2.22. The summed E-state index contributed by atoms with van der Waals surface area (Å²) in [5, 5.41) is 2.81. The Hall–Kier alpha value is -2.71. The largest absolute Gasteiger partial charge is 0.449 e. The van der Waals surface area contributed by atoms with Crippen molar-refractivity contribution < 1.29 is 22.7 Å². The molecule has 0 saturated carbocycles. The summed E-state index contributed by atoms with van der Waals surface area (Å²) in [5.74, 6) is -0.981. The number of rotatable bonds is 8. The standard InChI is InChI=1S/C21H26N2O5S/c1-5-14(2)18-11-6-7-12-19(18)23-20(24)15(3)28-21(25)16-9-8-10-17(13-16)29(26,27)22-4/h6-15,22H,5H2,1-4H3,(H,23,24). The molecule has 0 bridgehead atoms. The van der Waals surface area contributed by atoms with Gasteiger partial charge in [-0.15, -0.1) is 0 Å². The topological polar surface area (TPSA) is 102 Å². The van der Waals surface area contributed by atoms with Gasteiger partial charge in [-0.05, 0) is 56.1 Å². The molecule has 2 N–H and O–H groups in total. The van der Waals surface area contributed by atoms with E-state index in [2.05, 4.69) is 23.9 Å². The maximum atomic E-state index is 12.5. The summed E-state index contributed by atoms with van der Waals surface area (Å²) in [6.07, 6.45) is -0.138. The Morgan fingerprint density at radius 2 is 1.76 bits per heavy atom. The molecule has 0 heterocycles. The Labute approximate surface area is 171 Å². The van der Waals surface area contributed by atoms with Crippen molar-refractivity contribution in [3.05, 3.63) is 59.7 Å². The number of esters is 1. The second-order valence-corrected chi connectivity index (χ2v) is 8.56. The fourth-order valence-electron chi connectivity index (χ4n) is 2.69. The van der Waals surface area contributed by atoms with Crippen LogP contribution in [0.15, 0.2) is 53.4 Å². The molecule has 0 aromatic heterocycles. The van der Waals surface area contributed by atoms with E-state index in [1.807, 2.05) is 18.2 Å². The van der Waals surface area contributed by atoms with E-state index < -0.39 is 28.0 Å². The Morgan fingerprint density at radius 1 is 1.07 bits per heavy atom. The lowest BCUT2D eigenvalue weighted by Gasteiger charge is -2.18. The highest BCUT2D eigenvalue weighted by molar-refractivity contribution is 7.89. The first-order chi connectivity index (χ1) is 13.7. The minimum Gasteiger partial charge on any atom is -0.449 e. The summed E-state index contributed by atoms with van der Waals surface area (Å²) in [6.45, 7) is 5.60. The van der Waals surface area contributed by atoms with Crippen LogP contribution in [0.25, 0.3) is 0 Å². The van der Waals surface area contributed by atoms with Gasteiger partial charge in [0.2, 0.25) is 10.0 Å². The summed E-state index contributed by atoms with van der Waals surface area (Å²) in [5.41, 5.74) is 1.73. The van der Waals surface area contributed by atoms with Gasteiger partial charge in [0, 0.05) is 5.69 Å². The summed E-state index contributed by atoms with van der Waals surface area (Å²) >= 11 is 0. The van der Waals surface area contributed by atoms with E-state index in [1.54, 1.807) is 6.07 Å². The molecule has 1 amide bonds. The smallest absolute Gasteiger partial charge is 0.338 e. The second kappa shape index (κ2) is 9.67. The van der Waals surface area contributed by atoms with Gasteiger partial charge >= 0.3 is 5.97 Å². The number of nitrogens with one attached hydrogen (secondary N) is 2. The Morgan fingerprint density at radius 3 is 2.41 bits per heavy atom. The average molecular weight is 419 g/mol. The number of sulfonamides is 1. The van der Waals surface area contributed by atoms with E-state index in [9.17, 15) is 18.0 Å². The van der Waals surface area contributed by atoms with Crippen LogP contribution in [0.5, 0.6) is 0 Å². The molecule has 156 valence electrons. The zero-order valence-corrected chi connectivity index (χ0v) is 17.7. The van der Waals surface area contributed by atoms with E-state index >= 15 is 0 Å². The summed E-state index contributed by atoms with van der Waals surface area (Å²) in [7, 11) is -2.41. The van der Waals surface area contributed by atoms with Gasteiger partial charge in [-0.25, -0.2) is 17.9 Å². The lowest BCUT2D eigenvalue weighted by atomic mass is 9.97. The molecule has 2 aromatic rings. The number of para-hydroxylation sites is 1. The normalized spacial score (nSPS) is 13.4. The molecule has 8 heteroatoms. The number of hydrogen-bond acceptors (Lipinski definition) is 5. The van der Waals surface area contributed by atoms with Crippen LogP contribution in [0.2, 0.25) is 0 Å². The van der Waals surface area contributed by atoms with Gasteiger partial charge < -0.3 is 10.1 Å². The third-order valence-corrected chi connectivity index (χ3v) is 6.08. The van der Waals surface area contributed by atoms with Crippen molar-refractivity contribution in [3.63, 3.8) is 0 Å². The predicted molar refractivity (Wildman–Crippen MR) is 111 cm³/mol. The van der Waals surface area contributed by atoms with E-state index in [1.165, 1.54) is 38.2 Å². The molecule has 0 fully saturated rings. The lowest BCUT2D eigenvalue weighted by Crippen LogP contribution is -2.30. The zero-order chi connectivity index (χ0) is 21.6. The van der Waals surface area contributed by atoms with Gasteiger partial charge in [-0.1, -0.05) is 38.1 Å². The molecule has 0 radical (unpaired) electrons. The first-order valence-electron chi connectivity index (χ1n) is 9.34. The molecule has 2 unspecified atom stereocenters. The van der Waals surface area contributed by atoms with Crippen LogP contribution >= 0.6 is 0 Å². The van der Waals surface area contributed by atoms with Gasteiger partial charge in [-0.2, -0.15) is 0 Å². The van der Waals surface area contributed by atoms with Gasteiger partial charge in [-0.3, -0.25) is 4.79 Å². The van der Waals surface area contributed by atoms with E-state index in [4.69, 9.17) is 4.74 Å². The molecule has 29 heavy (non-hydrogen) atoms. The molecular formula is C21H26N2O5S. The number of ether oxygens (including phenoxy) is 1. The summed E-state index contributed by atoms with van der Waals surface area (Å²) in [4.78, 5) is 24.8. The van der Waals surface area contributed by atoms with Crippen molar-refractivity contribution in [1.82, 2.24) is 4.72 Å². The molecule has 0 aliphatic heterocycles. The molecule has 2 atom stereocenters. The van der Waals surface area contributed by atoms with Crippen molar-refractivity contribution in [1.29, 1.82) is 0 Å². The van der Waals surface area contributed by atoms with Crippen LogP contribution in [-0.4, -0.2) is 33.4 Å². The molecule has 0 spiro atoms. The highest BCUT2D eigenvalue weighted by Crippen LogP contribution is 2.26. The number of carbonyl (C=O) groups is 2. The quantitative estimate of drug-likeness (QED) is 0.641. The van der Waals surface area contributed by atoms with Crippen LogP contribution in [0.1, 0.15) is 49.0 Å². The first-order valence-corrected chi connectivity index (χ1v) is 10.8. The van der Waals surface area contributed by atoms with Crippen LogP contribution < -0.4 is 10.0 Å². The van der Waals surface area contributed by atoms with E-state index in [0.29, 0.717) is 5.69 Å². The zero-order valence-electron chi connectivity index (χ0n) is 16.9. The highest BCUT2D eigenvalue weighted by atomic mass is 32.2. The fourth-order valence-corrected chi connectivity index (χ4v) is 3.46. The van der Waals surface area contributed by atoms with Crippen molar-refractivity contribution >= 4 is 27.6 Å². The molecule has 2 rings (SSSR count). The van der Waals surface area contributed by atoms with Crippen LogP contribution in [-0.2, 0) is 19.6 Å². The van der Waals surface area contributed by atoms with Crippen LogP contribution in [0.4, 0.5) is 5.69 Å². The Bertz CT molecular complexity index is 988. The molecule has 0 aliphatic rings. The molecular weight excluding hydrogens is 392 g/mol. The number of anilines is 1. The van der Waals surface area contributed by atoms with Crippen LogP contribution in [0.3, 0.4) is 0 Å². The summed E-state index contributed by atoms with van der Waals surface area (Å²) < 4.78 is 31.2. The number of carbonyl (C=O) groups excluding carboxylic acids is 2. The third kappa shape index (κ3) is 5.65. The van der Waals surface area contributed by atoms with Gasteiger partial charge in [0.1, 0.15) is 0 Å². The lowest BCUT2D eigenvalue weighted by molar-refractivity contribution is -0.123. The second-order valence-electron chi connectivity index (χ2n) is 6.67. The Kier molecular flexibility index (Phi) is 7.53. The molecule has 0 aliphatic carbocycles. The number of amides is 1. The monoisotopic (exact) mass is 418 g/mol. The van der Waals surface area contributed by atoms with Gasteiger partial charge in [0.25, 0.3) is 5.91 Å². The van der Waals surface area contributed by atoms with E-state index in [0.717, 1.165) is 12.0 Å². The van der Waals surface area contributed by atoms with Crippen molar-refractivity contribution in [2.24, 2.45) is 0 Å². The first kappa shape index (κ1) is 22.6. The van der Waals surface area contributed by atoms with Gasteiger partial charge in [0.05, 0.1) is 10.5 Å². The SMILES string of the molecule is CCC(C)c1ccccc1NC(=O)C(C)OC(=O)c1cccc(S(=O)(=O)NC)c1. The maximum Gasteiger partial charge on any atom is 0.338 e. The predicted octanol–water partition coefficient (Wildman–Crippen LogP) is 3.29.